The number of nitrogens with one attached hydrogen (secondary N) is 2. The third kappa shape index (κ3) is 8.46. The molecule has 2 amide bonds. The molecule has 1 atom stereocenters. The second-order valence-corrected chi connectivity index (χ2v) is 7.12. The van der Waals surface area contributed by atoms with Gasteiger partial charge >= 0.3 is 6.09 Å². The van der Waals surface area contributed by atoms with E-state index in [1.165, 1.54) is 24.3 Å². The number of nitrogens with zero attached hydrogens (tertiary/aromatic N) is 1. The van der Waals surface area contributed by atoms with Crippen LogP contribution in [0.2, 0.25) is 0 Å². The molecule has 0 spiro atoms. The minimum atomic E-state index is -0.519. The summed E-state index contributed by atoms with van der Waals surface area (Å²) in [5.41, 5.74) is -0.0123. The molecule has 0 saturated carbocycles. The van der Waals surface area contributed by atoms with Gasteiger partial charge in [0.2, 0.25) is 5.91 Å². The molecule has 0 aliphatic carbocycles. The predicted molar refractivity (Wildman–Crippen MR) is 99.0 cm³/mol. The third-order valence-corrected chi connectivity index (χ3v) is 3.53. The lowest BCUT2D eigenvalue weighted by Gasteiger charge is -2.19. The molecule has 0 saturated heterocycles. The van der Waals surface area contributed by atoms with E-state index in [1.54, 1.807) is 20.8 Å². The molecule has 0 aliphatic heterocycles. The second-order valence-electron chi connectivity index (χ2n) is 7.12. The van der Waals surface area contributed by atoms with Crippen molar-refractivity contribution in [2.45, 2.75) is 52.6 Å². The zero-order valence-electron chi connectivity index (χ0n) is 15.7. The molecule has 26 heavy (non-hydrogen) atoms. The molecule has 0 heterocycles. The molecule has 1 aromatic rings. The average molecular weight is 365 g/mol. The molecule has 0 fully saturated rings. The maximum Gasteiger partial charge on any atom is 0.407 e. The van der Waals surface area contributed by atoms with Crippen molar-refractivity contribution in [1.29, 1.82) is 0 Å². The van der Waals surface area contributed by atoms with Gasteiger partial charge in [0.25, 0.3) is 5.69 Å². The molecule has 8 nitrogen and oxygen atoms in total. The molecule has 0 bridgehead atoms. The molecule has 144 valence electrons. The number of anilines is 1. The molecule has 8 heteroatoms. The molecule has 0 aromatic heterocycles. The highest BCUT2D eigenvalue weighted by atomic mass is 16.6. The van der Waals surface area contributed by atoms with Crippen LogP contribution in [0.5, 0.6) is 0 Å². The molecule has 0 radical (unpaired) electrons. The highest BCUT2D eigenvalue weighted by Gasteiger charge is 2.16. The maximum atomic E-state index is 12.1. The number of hydrogen-bond acceptors (Lipinski definition) is 5. The molecular weight excluding hydrogens is 338 g/mol. The minimum Gasteiger partial charge on any atom is -0.444 e. The molecule has 0 unspecified atom stereocenters. The van der Waals surface area contributed by atoms with Crippen LogP contribution < -0.4 is 10.6 Å². The number of amides is 2. The minimum absolute atomic E-state index is 0.0199. The van der Waals surface area contributed by atoms with E-state index in [2.05, 4.69) is 10.6 Å². The van der Waals surface area contributed by atoms with Gasteiger partial charge in [0.15, 0.2) is 0 Å². The van der Waals surface area contributed by atoms with Gasteiger partial charge in [-0.05, 0) is 45.7 Å². The number of carbonyl (C=O) groups excluding carboxylic acids is 2. The zero-order valence-corrected chi connectivity index (χ0v) is 15.7. The number of unbranched alkanes of at least 4 members (excludes halogenated alkanes) is 1. The van der Waals surface area contributed by atoms with Crippen LogP contribution in [-0.2, 0) is 9.53 Å². The van der Waals surface area contributed by atoms with Crippen LogP contribution >= 0.6 is 0 Å². The fourth-order valence-corrected chi connectivity index (χ4v) is 2.14. The lowest BCUT2D eigenvalue weighted by Crippen LogP contribution is -2.33. The van der Waals surface area contributed by atoms with Crippen LogP contribution in [0.25, 0.3) is 0 Å². The number of alkyl carbamates (subject to hydrolysis) is 1. The number of benzene rings is 1. The first-order chi connectivity index (χ1) is 12.1. The number of non-ortho nitro benzene ring substituents is 1. The maximum absolute atomic E-state index is 12.1. The molecule has 0 aliphatic rings. The Labute approximate surface area is 153 Å². The highest BCUT2D eigenvalue weighted by molar-refractivity contribution is 5.92. The topological polar surface area (TPSA) is 111 Å². The van der Waals surface area contributed by atoms with Gasteiger partial charge in [-0.15, -0.1) is 0 Å². The Bertz CT molecular complexity index is 623. The van der Waals surface area contributed by atoms with Crippen molar-refractivity contribution in [3.8, 4) is 0 Å². The van der Waals surface area contributed by atoms with Gasteiger partial charge in [0, 0.05) is 30.3 Å². The van der Waals surface area contributed by atoms with Gasteiger partial charge in [-0.2, -0.15) is 0 Å². The summed E-state index contributed by atoms with van der Waals surface area (Å²) in [6.07, 6.45) is 1.76. The normalized spacial score (nSPS) is 12.2. The van der Waals surface area contributed by atoms with Crippen molar-refractivity contribution in [3.63, 3.8) is 0 Å². The summed E-state index contributed by atoms with van der Waals surface area (Å²) in [7, 11) is 0. The van der Waals surface area contributed by atoms with E-state index < -0.39 is 16.6 Å². The number of rotatable bonds is 8. The van der Waals surface area contributed by atoms with Crippen molar-refractivity contribution in [2.24, 2.45) is 5.92 Å². The summed E-state index contributed by atoms with van der Waals surface area (Å²) in [5.74, 6) is -0.342. The van der Waals surface area contributed by atoms with Crippen molar-refractivity contribution in [2.75, 3.05) is 11.9 Å². The Kier molecular flexibility index (Phi) is 8.02. The molecule has 2 N–H and O–H groups in total. The van der Waals surface area contributed by atoms with Gasteiger partial charge in [-0.25, -0.2) is 4.79 Å². The molecule has 1 rings (SSSR count). The van der Waals surface area contributed by atoms with Crippen LogP contribution in [0.4, 0.5) is 16.2 Å². The number of hydrogen-bond donors (Lipinski definition) is 2. The van der Waals surface area contributed by atoms with E-state index in [-0.39, 0.29) is 17.5 Å². The zero-order chi connectivity index (χ0) is 19.7. The fraction of sp³-hybridized carbons (Fsp3) is 0.556. The summed E-state index contributed by atoms with van der Waals surface area (Å²) >= 11 is 0. The Balaban J connectivity index is 2.26. The number of nitro groups is 1. The molecule has 1 aromatic carbocycles. The number of ether oxygens (including phenoxy) is 1. The van der Waals surface area contributed by atoms with Crippen LogP contribution in [0.3, 0.4) is 0 Å². The van der Waals surface area contributed by atoms with Gasteiger partial charge in [-0.1, -0.05) is 13.3 Å². The number of carbonyl (C=O) groups is 2. The van der Waals surface area contributed by atoms with E-state index in [0.29, 0.717) is 18.7 Å². The van der Waals surface area contributed by atoms with Gasteiger partial charge < -0.3 is 15.4 Å². The summed E-state index contributed by atoms with van der Waals surface area (Å²) in [6.45, 7) is 7.72. The SMILES string of the molecule is C[C@@H](CCCCNC(=O)OC(C)(C)C)C(=O)Nc1ccc([N+](=O)[O-])cc1. The first-order valence-corrected chi connectivity index (χ1v) is 8.60. The lowest BCUT2D eigenvalue weighted by atomic mass is 10.0. The summed E-state index contributed by atoms with van der Waals surface area (Å²) in [4.78, 5) is 33.7. The first-order valence-electron chi connectivity index (χ1n) is 8.60. The fourth-order valence-electron chi connectivity index (χ4n) is 2.14. The smallest absolute Gasteiger partial charge is 0.407 e. The van der Waals surface area contributed by atoms with E-state index in [0.717, 1.165) is 12.8 Å². The van der Waals surface area contributed by atoms with Crippen LogP contribution in [0.1, 0.15) is 47.0 Å². The highest BCUT2D eigenvalue weighted by Crippen LogP contribution is 2.17. The summed E-state index contributed by atoms with van der Waals surface area (Å²) in [6, 6.07) is 5.71. The van der Waals surface area contributed by atoms with E-state index in [9.17, 15) is 19.7 Å². The van der Waals surface area contributed by atoms with E-state index in [1.807, 2.05) is 6.92 Å². The van der Waals surface area contributed by atoms with Crippen molar-refractivity contribution < 1.29 is 19.2 Å². The Morgan fingerprint density at radius 2 is 1.81 bits per heavy atom. The largest absolute Gasteiger partial charge is 0.444 e. The monoisotopic (exact) mass is 365 g/mol. The van der Waals surface area contributed by atoms with Crippen molar-refractivity contribution in [1.82, 2.24) is 5.32 Å². The molecular formula is C18H27N3O5. The second kappa shape index (κ2) is 9.74. The van der Waals surface area contributed by atoms with Gasteiger partial charge in [0.1, 0.15) is 5.60 Å². The van der Waals surface area contributed by atoms with Crippen LogP contribution in [0, 0.1) is 16.0 Å². The average Bonchev–Trinajstić information content (AvgIpc) is 2.53. The third-order valence-electron chi connectivity index (χ3n) is 3.53. The first kappa shape index (κ1) is 21.4. The van der Waals surface area contributed by atoms with Crippen LogP contribution in [-0.4, -0.2) is 29.1 Å². The standard InChI is InChI=1S/C18H27N3O5/c1-13(7-5-6-12-19-17(23)26-18(2,3)4)16(22)20-14-8-10-15(11-9-14)21(24)25/h8-11,13H,5-7,12H2,1-4H3,(H,19,23)(H,20,22)/t13-/m0/s1. The summed E-state index contributed by atoms with van der Waals surface area (Å²) < 4.78 is 5.14. The Hall–Kier alpha value is -2.64. The van der Waals surface area contributed by atoms with Crippen molar-refractivity contribution >= 4 is 23.4 Å². The van der Waals surface area contributed by atoms with Crippen molar-refractivity contribution in [3.05, 3.63) is 34.4 Å². The quantitative estimate of drug-likeness (QED) is 0.413. The van der Waals surface area contributed by atoms with Gasteiger partial charge in [0.05, 0.1) is 4.92 Å². The Morgan fingerprint density at radius 1 is 1.19 bits per heavy atom. The van der Waals surface area contributed by atoms with Gasteiger partial charge in [-0.3, -0.25) is 14.9 Å². The summed E-state index contributed by atoms with van der Waals surface area (Å²) in [5, 5.41) is 16.0. The number of nitro benzene ring substituents is 1. The Morgan fingerprint density at radius 3 is 2.35 bits per heavy atom. The lowest BCUT2D eigenvalue weighted by molar-refractivity contribution is -0.384. The van der Waals surface area contributed by atoms with E-state index in [4.69, 9.17) is 4.74 Å². The predicted octanol–water partition coefficient (Wildman–Crippen LogP) is 3.86. The van der Waals surface area contributed by atoms with E-state index >= 15 is 0 Å². The van der Waals surface area contributed by atoms with Crippen LogP contribution in [0.15, 0.2) is 24.3 Å².